The number of carbonyl (C=O) groups excluding carboxylic acids is 1. The number of methoxy groups -OCH3 is 1. The third-order valence-corrected chi connectivity index (χ3v) is 4.83. The van der Waals surface area contributed by atoms with Crippen LogP contribution in [0.1, 0.15) is 24.1 Å². The normalized spacial score (nSPS) is 22.9. The highest BCUT2D eigenvalue weighted by molar-refractivity contribution is 5.80. The molecule has 0 bridgehead atoms. The Morgan fingerprint density at radius 2 is 2.17 bits per heavy atom. The first-order chi connectivity index (χ1) is 11.6. The number of carbonyl (C=O) groups is 1. The van der Waals surface area contributed by atoms with Crippen LogP contribution in [0.15, 0.2) is 36.5 Å². The lowest BCUT2D eigenvalue weighted by atomic mass is 9.70. The fourth-order valence-electron chi connectivity index (χ4n) is 3.20. The number of ether oxygens (including phenoxy) is 1. The van der Waals surface area contributed by atoms with Gasteiger partial charge in [-0.2, -0.15) is 5.10 Å². The quantitative estimate of drug-likeness (QED) is 0.843. The van der Waals surface area contributed by atoms with Gasteiger partial charge >= 0.3 is 0 Å². The summed E-state index contributed by atoms with van der Waals surface area (Å²) in [6.07, 6.45) is 3.30. The number of aromatic nitrogens is 2. The van der Waals surface area contributed by atoms with Gasteiger partial charge in [-0.05, 0) is 37.5 Å². The van der Waals surface area contributed by atoms with Crippen LogP contribution < -0.4 is 11.1 Å². The Morgan fingerprint density at radius 1 is 1.42 bits per heavy atom. The predicted octanol–water partition coefficient (Wildman–Crippen LogP) is 1.55. The first-order valence-corrected chi connectivity index (χ1v) is 8.20. The van der Waals surface area contributed by atoms with Crippen LogP contribution >= 0.6 is 0 Å². The van der Waals surface area contributed by atoms with E-state index in [9.17, 15) is 4.79 Å². The van der Waals surface area contributed by atoms with Gasteiger partial charge < -0.3 is 15.8 Å². The Morgan fingerprint density at radius 3 is 2.79 bits per heavy atom. The summed E-state index contributed by atoms with van der Waals surface area (Å²) in [6.45, 7) is 2.89. The molecule has 0 aliphatic heterocycles. The number of hydrogen-bond acceptors (Lipinski definition) is 4. The number of amides is 1. The van der Waals surface area contributed by atoms with Crippen LogP contribution in [0, 0.1) is 12.8 Å². The molecule has 0 saturated heterocycles. The zero-order valence-electron chi connectivity index (χ0n) is 14.2. The van der Waals surface area contributed by atoms with Crippen molar-refractivity contribution < 1.29 is 9.53 Å². The van der Waals surface area contributed by atoms with Gasteiger partial charge in [0, 0.05) is 32.3 Å². The van der Waals surface area contributed by atoms with Gasteiger partial charge in [-0.1, -0.05) is 18.2 Å². The van der Waals surface area contributed by atoms with Gasteiger partial charge in [0.15, 0.2) is 0 Å². The van der Waals surface area contributed by atoms with E-state index in [1.54, 1.807) is 7.11 Å². The lowest BCUT2D eigenvalue weighted by molar-refractivity contribution is -0.145. The van der Waals surface area contributed by atoms with Crippen molar-refractivity contribution in [1.29, 1.82) is 0 Å². The SMILES string of the molecule is COC1(CN)CC(C(=O)NCc2ccccc2-n2ccc(C)n2)C1. The number of nitrogens with zero attached hydrogens (tertiary/aromatic N) is 2. The average Bonchev–Trinajstić information content (AvgIpc) is 2.99. The maximum atomic E-state index is 12.3. The van der Waals surface area contributed by atoms with Gasteiger partial charge in [-0.15, -0.1) is 0 Å². The van der Waals surface area contributed by atoms with Crippen LogP contribution in [0.5, 0.6) is 0 Å². The van der Waals surface area contributed by atoms with Crippen molar-refractivity contribution in [2.24, 2.45) is 11.7 Å². The molecule has 0 atom stereocenters. The van der Waals surface area contributed by atoms with E-state index >= 15 is 0 Å². The molecule has 1 aliphatic rings. The molecule has 1 aromatic carbocycles. The maximum Gasteiger partial charge on any atom is 0.223 e. The highest BCUT2D eigenvalue weighted by atomic mass is 16.5. The van der Waals surface area contributed by atoms with Gasteiger partial charge in [0.25, 0.3) is 0 Å². The molecule has 3 rings (SSSR count). The van der Waals surface area contributed by atoms with Crippen molar-refractivity contribution in [3.63, 3.8) is 0 Å². The average molecular weight is 328 g/mol. The summed E-state index contributed by atoms with van der Waals surface area (Å²) in [6, 6.07) is 9.90. The fourth-order valence-corrected chi connectivity index (χ4v) is 3.20. The van der Waals surface area contributed by atoms with Crippen LogP contribution in [0.4, 0.5) is 0 Å². The van der Waals surface area contributed by atoms with Crippen LogP contribution in [-0.2, 0) is 16.1 Å². The van der Waals surface area contributed by atoms with Gasteiger partial charge in [-0.25, -0.2) is 4.68 Å². The first-order valence-electron chi connectivity index (χ1n) is 8.20. The van der Waals surface area contributed by atoms with Gasteiger partial charge in [-0.3, -0.25) is 4.79 Å². The first kappa shape index (κ1) is 16.7. The number of nitrogens with one attached hydrogen (secondary N) is 1. The Bertz CT molecular complexity index is 713. The molecule has 1 fully saturated rings. The highest BCUT2D eigenvalue weighted by Crippen LogP contribution is 2.39. The van der Waals surface area contributed by atoms with E-state index in [1.165, 1.54) is 0 Å². The van der Waals surface area contributed by atoms with E-state index in [0.717, 1.165) is 16.9 Å². The van der Waals surface area contributed by atoms with Crippen LogP contribution in [0.2, 0.25) is 0 Å². The molecule has 1 amide bonds. The lowest BCUT2D eigenvalue weighted by Gasteiger charge is -2.44. The zero-order chi connectivity index (χ0) is 17.2. The Kier molecular flexibility index (Phi) is 4.69. The summed E-state index contributed by atoms with van der Waals surface area (Å²) in [5.41, 5.74) is 8.38. The zero-order valence-corrected chi connectivity index (χ0v) is 14.2. The van der Waals surface area contributed by atoms with Gasteiger partial charge in [0.1, 0.15) is 0 Å². The minimum atomic E-state index is -0.313. The number of benzene rings is 1. The topological polar surface area (TPSA) is 82.2 Å². The molecule has 2 aromatic rings. The number of hydrogen-bond donors (Lipinski definition) is 2. The van der Waals surface area contributed by atoms with E-state index in [1.807, 2.05) is 48.1 Å². The molecule has 3 N–H and O–H groups in total. The van der Waals surface area contributed by atoms with E-state index < -0.39 is 0 Å². The van der Waals surface area contributed by atoms with Crippen molar-refractivity contribution in [3.05, 3.63) is 47.8 Å². The molecule has 0 radical (unpaired) electrons. The molecule has 1 saturated carbocycles. The fraction of sp³-hybridized carbons (Fsp3) is 0.444. The minimum absolute atomic E-state index is 0.0207. The van der Waals surface area contributed by atoms with E-state index in [4.69, 9.17) is 10.5 Å². The molecule has 1 aromatic heterocycles. The summed E-state index contributed by atoms with van der Waals surface area (Å²) in [5.74, 6) is 0.0372. The minimum Gasteiger partial charge on any atom is -0.377 e. The number of para-hydroxylation sites is 1. The molecule has 6 heteroatoms. The van der Waals surface area contributed by atoms with Crippen molar-refractivity contribution in [2.75, 3.05) is 13.7 Å². The van der Waals surface area contributed by atoms with E-state index in [-0.39, 0.29) is 17.4 Å². The molecule has 24 heavy (non-hydrogen) atoms. The molecule has 128 valence electrons. The molecule has 1 aliphatic carbocycles. The molecular formula is C18H24N4O2. The Hall–Kier alpha value is -2.18. The van der Waals surface area contributed by atoms with Crippen molar-refractivity contribution in [1.82, 2.24) is 15.1 Å². The molecular weight excluding hydrogens is 304 g/mol. The summed E-state index contributed by atoms with van der Waals surface area (Å²) in [5, 5.41) is 7.47. The highest BCUT2D eigenvalue weighted by Gasteiger charge is 2.46. The van der Waals surface area contributed by atoms with Crippen LogP contribution in [-0.4, -0.2) is 34.9 Å². The summed E-state index contributed by atoms with van der Waals surface area (Å²) >= 11 is 0. The smallest absolute Gasteiger partial charge is 0.223 e. The third kappa shape index (κ3) is 3.20. The summed E-state index contributed by atoms with van der Waals surface area (Å²) < 4.78 is 7.27. The van der Waals surface area contributed by atoms with Crippen LogP contribution in [0.3, 0.4) is 0 Å². The number of nitrogens with two attached hydrogens (primary N) is 1. The van der Waals surface area contributed by atoms with Crippen molar-refractivity contribution in [2.45, 2.75) is 31.9 Å². The largest absolute Gasteiger partial charge is 0.377 e. The molecule has 1 heterocycles. The summed E-state index contributed by atoms with van der Waals surface area (Å²) in [4.78, 5) is 12.3. The van der Waals surface area contributed by atoms with Crippen molar-refractivity contribution in [3.8, 4) is 5.69 Å². The summed E-state index contributed by atoms with van der Waals surface area (Å²) in [7, 11) is 1.66. The van der Waals surface area contributed by atoms with Gasteiger partial charge in [0.05, 0.1) is 17.0 Å². The molecule has 0 spiro atoms. The van der Waals surface area contributed by atoms with Crippen LogP contribution in [0.25, 0.3) is 5.69 Å². The second kappa shape index (κ2) is 6.75. The number of aryl methyl sites for hydroxylation is 1. The van der Waals surface area contributed by atoms with Crippen molar-refractivity contribution >= 4 is 5.91 Å². The third-order valence-electron chi connectivity index (χ3n) is 4.83. The Labute approximate surface area is 142 Å². The second-order valence-corrected chi connectivity index (χ2v) is 6.44. The van der Waals surface area contributed by atoms with Gasteiger partial charge in [0.2, 0.25) is 5.91 Å². The lowest BCUT2D eigenvalue weighted by Crippen LogP contribution is -2.55. The Balaban J connectivity index is 1.63. The number of rotatable bonds is 6. The second-order valence-electron chi connectivity index (χ2n) is 6.44. The monoisotopic (exact) mass is 328 g/mol. The van der Waals surface area contributed by atoms with E-state index in [2.05, 4.69) is 10.4 Å². The predicted molar refractivity (Wildman–Crippen MR) is 91.7 cm³/mol. The maximum absolute atomic E-state index is 12.3. The molecule has 6 nitrogen and oxygen atoms in total. The van der Waals surface area contributed by atoms with E-state index in [0.29, 0.717) is 25.9 Å². The standard InChI is InChI=1S/C18H24N4O2/c1-13-7-8-22(21-13)16-6-4-3-5-14(16)11-20-17(23)15-9-18(10-15,12-19)24-2/h3-8,15H,9-12,19H2,1-2H3,(H,20,23). The molecule has 0 unspecified atom stereocenters.